The Morgan fingerprint density at radius 1 is 1.04 bits per heavy atom. The maximum absolute atomic E-state index is 12.2. The number of hydrogen-bond acceptors (Lipinski definition) is 1. The minimum absolute atomic E-state index is 0.0169. The summed E-state index contributed by atoms with van der Waals surface area (Å²) < 4.78 is 0. The standard InChI is InChI=1S/C19H21Cl2NO/c1-2-16(10-8-14-6-4-3-5-7-14)22-19(23)13-15-9-11-17(20)18(21)12-15/h3-7,9,11-12,16H,2,8,10,13H2,1H3,(H,22,23)/t16-/m1/s1. The third kappa shape index (κ3) is 5.89. The zero-order valence-corrected chi connectivity index (χ0v) is 14.7. The molecule has 2 nitrogen and oxygen atoms in total. The molecule has 0 aromatic heterocycles. The monoisotopic (exact) mass is 349 g/mol. The summed E-state index contributed by atoms with van der Waals surface area (Å²) in [7, 11) is 0. The Bertz CT molecular complexity index is 643. The molecule has 0 aliphatic rings. The van der Waals surface area contributed by atoms with Gasteiger partial charge in [-0.05, 0) is 42.5 Å². The summed E-state index contributed by atoms with van der Waals surface area (Å²) >= 11 is 11.9. The third-order valence-electron chi connectivity index (χ3n) is 3.83. The van der Waals surface area contributed by atoms with Crippen LogP contribution < -0.4 is 5.32 Å². The van der Waals surface area contributed by atoms with E-state index in [1.807, 2.05) is 24.3 Å². The Hall–Kier alpha value is -1.51. The molecule has 0 radical (unpaired) electrons. The second-order valence-corrected chi connectivity index (χ2v) is 6.44. The minimum atomic E-state index is 0.0169. The SMILES string of the molecule is CC[C@H](CCc1ccccc1)NC(=O)Cc1ccc(Cl)c(Cl)c1. The van der Waals surface area contributed by atoms with Crippen LogP contribution in [-0.2, 0) is 17.6 Å². The van der Waals surface area contributed by atoms with Gasteiger partial charge in [0.05, 0.1) is 16.5 Å². The van der Waals surface area contributed by atoms with Crippen LogP contribution in [0, 0.1) is 0 Å². The van der Waals surface area contributed by atoms with Gasteiger partial charge in [0.25, 0.3) is 0 Å². The van der Waals surface area contributed by atoms with Gasteiger partial charge in [-0.25, -0.2) is 0 Å². The van der Waals surface area contributed by atoms with E-state index in [9.17, 15) is 4.79 Å². The fourth-order valence-electron chi connectivity index (χ4n) is 2.48. The van der Waals surface area contributed by atoms with Gasteiger partial charge in [-0.15, -0.1) is 0 Å². The number of carbonyl (C=O) groups is 1. The molecule has 4 heteroatoms. The number of rotatable bonds is 7. The van der Waals surface area contributed by atoms with Crippen LogP contribution in [0.2, 0.25) is 10.0 Å². The molecule has 0 aliphatic heterocycles. The van der Waals surface area contributed by atoms with Crippen molar-refractivity contribution in [3.05, 3.63) is 69.7 Å². The lowest BCUT2D eigenvalue weighted by Crippen LogP contribution is -2.35. The van der Waals surface area contributed by atoms with Gasteiger partial charge in [-0.1, -0.05) is 66.5 Å². The van der Waals surface area contributed by atoms with Gasteiger partial charge in [0.15, 0.2) is 0 Å². The van der Waals surface area contributed by atoms with Gasteiger partial charge in [0, 0.05) is 6.04 Å². The van der Waals surface area contributed by atoms with E-state index in [4.69, 9.17) is 23.2 Å². The quantitative estimate of drug-likeness (QED) is 0.743. The van der Waals surface area contributed by atoms with Gasteiger partial charge in [-0.3, -0.25) is 4.79 Å². The van der Waals surface area contributed by atoms with Crippen LogP contribution in [0.1, 0.15) is 30.9 Å². The molecule has 0 bridgehead atoms. The lowest BCUT2D eigenvalue weighted by molar-refractivity contribution is -0.121. The van der Waals surface area contributed by atoms with E-state index >= 15 is 0 Å². The second-order valence-electron chi connectivity index (χ2n) is 5.62. The average Bonchev–Trinajstić information content (AvgIpc) is 2.56. The van der Waals surface area contributed by atoms with Crippen molar-refractivity contribution in [2.75, 3.05) is 0 Å². The van der Waals surface area contributed by atoms with Gasteiger partial charge >= 0.3 is 0 Å². The van der Waals surface area contributed by atoms with E-state index in [1.165, 1.54) is 5.56 Å². The molecule has 1 N–H and O–H groups in total. The predicted octanol–water partition coefficient (Wildman–Crippen LogP) is 5.06. The van der Waals surface area contributed by atoms with Crippen molar-refractivity contribution in [2.45, 2.75) is 38.6 Å². The van der Waals surface area contributed by atoms with Crippen molar-refractivity contribution >= 4 is 29.1 Å². The van der Waals surface area contributed by atoms with Crippen molar-refractivity contribution < 1.29 is 4.79 Å². The van der Waals surface area contributed by atoms with E-state index in [-0.39, 0.29) is 11.9 Å². The Morgan fingerprint density at radius 2 is 1.78 bits per heavy atom. The van der Waals surface area contributed by atoms with E-state index in [0.29, 0.717) is 16.5 Å². The molecular weight excluding hydrogens is 329 g/mol. The number of halogens is 2. The first kappa shape index (κ1) is 17.8. The highest BCUT2D eigenvalue weighted by atomic mass is 35.5. The average molecular weight is 350 g/mol. The van der Waals surface area contributed by atoms with Gasteiger partial charge in [-0.2, -0.15) is 0 Å². The number of hydrogen-bond donors (Lipinski definition) is 1. The molecule has 0 aliphatic carbocycles. The first-order valence-corrected chi connectivity index (χ1v) is 8.61. The van der Waals surface area contributed by atoms with Crippen molar-refractivity contribution in [1.29, 1.82) is 0 Å². The smallest absolute Gasteiger partial charge is 0.224 e. The van der Waals surface area contributed by atoms with E-state index in [2.05, 4.69) is 24.4 Å². The maximum Gasteiger partial charge on any atom is 0.224 e. The topological polar surface area (TPSA) is 29.1 Å². The summed E-state index contributed by atoms with van der Waals surface area (Å²) in [5.41, 5.74) is 2.17. The van der Waals surface area contributed by atoms with Gasteiger partial charge in [0.1, 0.15) is 0 Å². The lowest BCUT2D eigenvalue weighted by atomic mass is 10.0. The van der Waals surface area contributed by atoms with Gasteiger partial charge in [0.2, 0.25) is 5.91 Å². The number of aryl methyl sites for hydroxylation is 1. The Morgan fingerprint density at radius 3 is 2.43 bits per heavy atom. The molecule has 0 heterocycles. The fourth-order valence-corrected chi connectivity index (χ4v) is 2.80. The Labute approximate surface area is 147 Å². The molecule has 122 valence electrons. The van der Waals surface area contributed by atoms with Crippen molar-refractivity contribution in [3.8, 4) is 0 Å². The number of benzene rings is 2. The summed E-state index contributed by atoms with van der Waals surface area (Å²) in [5.74, 6) is 0.0169. The van der Waals surface area contributed by atoms with Crippen LogP contribution in [0.15, 0.2) is 48.5 Å². The molecule has 0 saturated carbocycles. The van der Waals surface area contributed by atoms with Crippen LogP contribution in [-0.4, -0.2) is 11.9 Å². The fraction of sp³-hybridized carbons (Fsp3) is 0.316. The highest BCUT2D eigenvalue weighted by molar-refractivity contribution is 6.42. The summed E-state index contributed by atoms with van der Waals surface area (Å²) in [4.78, 5) is 12.2. The van der Waals surface area contributed by atoms with Crippen molar-refractivity contribution in [1.82, 2.24) is 5.32 Å². The number of nitrogens with one attached hydrogen (secondary N) is 1. The number of amides is 1. The highest BCUT2D eigenvalue weighted by Gasteiger charge is 2.12. The van der Waals surface area contributed by atoms with E-state index in [0.717, 1.165) is 24.8 Å². The first-order valence-electron chi connectivity index (χ1n) is 7.85. The van der Waals surface area contributed by atoms with Crippen molar-refractivity contribution in [3.63, 3.8) is 0 Å². The molecule has 0 spiro atoms. The minimum Gasteiger partial charge on any atom is -0.353 e. The van der Waals surface area contributed by atoms with E-state index < -0.39 is 0 Å². The maximum atomic E-state index is 12.2. The third-order valence-corrected chi connectivity index (χ3v) is 4.57. The molecule has 2 rings (SSSR count). The van der Waals surface area contributed by atoms with Crippen LogP contribution in [0.4, 0.5) is 0 Å². The predicted molar refractivity (Wildman–Crippen MR) is 97.2 cm³/mol. The molecule has 1 amide bonds. The zero-order valence-electron chi connectivity index (χ0n) is 13.2. The molecule has 23 heavy (non-hydrogen) atoms. The highest BCUT2D eigenvalue weighted by Crippen LogP contribution is 2.22. The Balaban J connectivity index is 1.85. The second kappa shape index (κ2) is 8.95. The normalized spacial score (nSPS) is 12.0. The number of carbonyl (C=O) groups excluding carboxylic acids is 1. The molecule has 0 fully saturated rings. The summed E-state index contributed by atoms with van der Waals surface area (Å²) in [6, 6.07) is 15.8. The molecular formula is C19H21Cl2NO. The molecule has 2 aromatic carbocycles. The van der Waals surface area contributed by atoms with Crippen LogP contribution >= 0.6 is 23.2 Å². The lowest BCUT2D eigenvalue weighted by Gasteiger charge is -2.17. The summed E-state index contributed by atoms with van der Waals surface area (Å²) in [5, 5.41) is 4.09. The largest absolute Gasteiger partial charge is 0.353 e. The molecule has 0 unspecified atom stereocenters. The molecule has 0 saturated heterocycles. The zero-order chi connectivity index (χ0) is 16.7. The first-order chi connectivity index (χ1) is 11.1. The van der Waals surface area contributed by atoms with Crippen LogP contribution in [0.3, 0.4) is 0 Å². The summed E-state index contributed by atoms with van der Waals surface area (Å²) in [6.07, 6.45) is 3.14. The Kier molecular flexibility index (Phi) is 6.94. The summed E-state index contributed by atoms with van der Waals surface area (Å²) in [6.45, 7) is 2.09. The van der Waals surface area contributed by atoms with Crippen LogP contribution in [0.5, 0.6) is 0 Å². The van der Waals surface area contributed by atoms with Crippen LogP contribution in [0.25, 0.3) is 0 Å². The molecule has 1 atom stereocenters. The van der Waals surface area contributed by atoms with Gasteiger partial charge < -0.3 is 5.32 Å². The van der Waals surface area contributed by atoms with E-state index in [1.54, 1.807) is 12.1 Å². The van der Waals surface area contributed by atoms with Crippen molar-refractivity contribution in [2.24, 2.45) is 0 Å². The molecule has 2 aromatic rings.